The molecule has 0 atom stereocenters. The summed E-state index contributed by atoms with van der Waals surface area (Å²) in [5.74, 6) is 0.0663. The van der Waals surface area contributed by atoms with E-state index in [1.165, 1.54) is 5.56 Å². The molecular formula is C19H21BrO. The van der Waals surface area contributed by atoms with Gasteiger partial charge in [-0.05, 0) is 36.0 Å². The van der Waals surface area contributed by atoms with Crippen LogP contribution < -0.4 is 0 Å². The average molecular weight is 345 g/mol. The molecule has 21 heavy (non-hydrogen) atoms. The van der Waals surface area contributed by atoms with Crippen LogP contribution in [0, 0.1) is 6.92 Å². The van der Waals surface area contributed by atoms with Crippen molar-refractivity contribution in [2.75, 3.05) is 0 Å². The lowest BCUT2D eigenvalue weighted by Gasteiger charge is -2.23. The predicted octanol–water partition coefficient (Wildman–Crippen LogP) is 5.68. The van der Waals surface area contributed by atoms with Crippen LogP contribution in [0.2, 0.25) is 0 Å². The van der Waals surface area contributed by atoms with Crippen LogP contribution >= 0.6 is 15.9 Å². The van der Waals surface area contributed by atoms with E-state index in [1.807, 2.05) is 37.3 Å². The van der Waals surface area contributed by atoms with Crippen LogP contribution in [0.1, 0.15) is 54.2 Å². The normalized spacial score (nSPS) is 11.5. The molecular weight excluding hydrogens is 324 g/mol. The molecule has 0 amide bonds. The summed E-state index contributed by atoms with van der Waals surface area (Å²) >= 11 is 3.48. The number of hydrogen-bond donors (Lipinski definition) is 0. The second-order valence-corrected chi connectivity index (χ2v) is 6.96. The molecule has 0 unspecified atom stereocenters. The smallest absolute Gasteiger partial charge is 0.193 e. The molecule has 2 aromatic carbocycles. The fraction of sp³-hybridized carbons (Fsp3) is 0.316. The molecule has 0 aliphatic rings. The van der Waals surface area contributed by atoms with Crippen LogP contribution in [-0.4, -0.2) is 5.78 Å². The second-order valence-electron chi connectivity index (χ2n) is 6.11. The lowest BCUT2D eigenvalue weighted by atomic mass is 9.82. The molecule has 0 saturated heterocycles. The minimum Gasteiger partial charge on any atom is -0.289 e. The van der Waals surface area contributed by atoms with Crippen molar-refractivity contribution in [1.82, 2.24) is 0 Å². The molecule has 0 heterocycles. The Balaban J connectivity index is 2.30. The van der Waals surface area contributed by atoms with E-state index in [2.05, 4.69) is 48.8 Å². The molecule has 2 aromatic rings. The van der Waals surface area contributed by atoms with Crippen LogP contribution in [0.25, 0.3) is 0 Å². The first-order chi connectivity index (χ1) is 9.85. The van der Waals surface area contributed by atoms with E-state index in [-0.39, 0.29) is 11.2 Å². The Kier molecular flexibility index (Phi) is 4.67. The maximum absolute atomic E-state index is 12.5. The zero-order valence-electron chi connectivity index (χ0n) is 13.0. The SMILES string of the molecule is CCC(C)(C)c1ccc(C(=O)c2ccc(C)c(Br)c2)cc1. The molecule has 1 nitrogen and oxygen atoms in total. The van der Waals surface area contributed by atoms with Crippen molar-refractivity contribution in [1.29, 1.82) is 0 Å². The van der Waals surface area contributed by atoms with E-state index in [4.69, 9.17) is 0 Å². The summed E-state index contributed by atoms with van der Waals surface area (Å²) < 4.78 is 0.970. The Morgan fingerprint density at radius 1 is 1.05 bits per heavy atom. The van der Waals surface area contributed by atoms with Gasteiger partial charge in [-0.3, -0.25) is 4.79 Å². The standard InChI is InChI=1S/C19H21BrO/c1-5-19(3,4)16-10-8-14(9-11-16)18(21)15-7-6-13(2)17(20)12-15/h6-12H,5H2,1-4H3. The quantitative estimate of drug-likeness (QED) is 0.652. The van der Waals surface area contributed by atoms with Gasteiger partial charge in [0.05, 0.1) is 0 Å². The summed E-state index contributed by atoms with van der Waals surface area (Å²) in [6.45, 7) is 8.64. The van der Waals surface area contributed by atoms with Crippen molar-refractivity contribution in [2.45, 2.75) is 39.5 Å². The second kappa shape index (κ2) is 6.15. The molecule has 0 bridgehead atoms. The van der Waals surface area contributed by atoms with Gasteiger partial charge in [-0.1, -0.05) is 73.1 Å². The van der Waals surface area contributed by atoms with Crippen LogP contribution in [0.3, 0.4) is 0 Å². The topological polar surface area (TPSA) is 17.1 Å². The fourth-order valence-electron chi connectivity index (χ4n) is 2.18. The predicted molar refractivity (Wildman–Crippen MR) is 92.1 cm³/mol. The van der Waals surface area contributed by atoms with Gasteiger partial charge in [-0.2, -0.15) is 0 Å². The summed E-state index contributed by atoms with van der Waals surface area (Å²) in [5, 5.41) is 0. The van der Waals surface area contributed by atoms with Crippen LogP contribution in [-0.2, 0) is 5.41 Å². The lowest BCUT2D eigenvalue weighted by molar-refractivity contribution is 0.103. The number of rotatable bonds is 4. The Morgan fingerprint density at radius 2 is 1.62 bits per heavy atom. The largest absolute Gasteiger partial charge is 0.289 e. The molecule has 0 radical (unpaired) electrons. The molecule has 2 rings (SSSR count). The van der Waals surface area contributed by atoms with Crippen molar-refractivity contribution in [3.05, 3.63) is 69.2 Å². The van der Waals surface area contributed by atoms with Crippen molar-refractivity contribution < 1.29 is 4.79 Å². The average Bonchev–Trinajstić information content (AvgIpc) is 2.49. The number of hydrogen-bond acceptors (Lipinski definition) is 1. The van der Waals surface area contributed by atoms with Crippen LogP contribution in [0.15, 0.2) is 46.9 Å². The molecule has 0 aliphatic carbocycles. The number of carbonyl (C=O) groups is 1. The van der Waals surface area contributed by atoms with E-state index in [0.717, 1.165) is 27.6 Å². The fourth-order valence-corrected chi connectivity index (χ4v) is 2.56. The first-order valence-corrected chi connectivity index (χ1v) is 8.06. The van der Waals surface area contributed by atoms with E-state index >= 15 is 0 Å². The Labute approximate surface area is 135 Å². The Morgan fingerprint density at radius 3 is 2.14 bits per heavy atom. The number of benzene rings is 2. The zero-order chi connectivity index (χ0) is 15.6. The maximum atomic E-state index is 12.5. The highest BCUT2D eigenvalue weighted by atomic mass is 79.9. The van der Waals surface area contributed by atoms with Crippen molar-refractivity contribution in [2.24, 2.45) is 0 Å². The van der Waals surface area contributed by atoms with Gasteiger partial charge in [0.2, 0.25) is 0 Å². The highest BCUT2D eigenvalue weighted by Crippen LogP contribution is 2.27. The van der Waals surface area contributed by atoms with Gasteiger partial charge < -0.3 is 0 Å². The minimum atomic E-state index is 0.0663. The van der Waals surface area contributed by atoms with Gasteiger partial charge in [0.1, 0.15) is 0 Å². The van der Waals surface area contributed by atoms with E-state index in [0.29, 0.717) is 0 Å². The molecule has 0 saturated carbocycles. The monoisotopic (exact) mass is 344 g/mol. The van der Waals surface area contributed by atoms with Gasteiger partial charge in [-0.25, -0.2) is 0 Å². The summed E-state index contributed by atoms with van der Waals surface area (Å²) in [5.41, 5.74) is 4.00. The van der Waals surface area contributed by atoms with Crippen molar-refractivity contribution in [3.8, 4) is 0 Å². The third kappa shape index (κ3) is 3.44. The van der Waals surface area contributed by atoms with Crippen molar-refractivity contribution in [3.63, 3.8) is 0 Å². The molecule has 0 spiro atoms. The number of carbonyl (C=O) groups excluding carboxylic acids is 1. The summed E-state index contributed by atoms with van der Waals surface area (Å²) in [6.07, 6.45) is 1.07. The number of halogens is 1. The van der Waals surface area contributed by atoms with Crippen molar-refractivity contribution >= 4 is 21.7 Å². The Hall–Kier alpha value is -1.41. The molecule has 0 fully saturated rings. The molecule has 110 valence electrons. The van der Waals surface area contributed by atoms with Gasteiger partial charge >= 0.3 is 0 Å². The Bertz CT molecular complexity index is 654. The van der Waals surface area contributed by atoms with E-state index < -0.39 is 0 Å². The van der Waals surface area contributed by atoms with E-state index in [1.54, 1.807) is 0 Å². The maximum Gasteiger partial charge on any atom is 0.193 e. The van der Waals surface area contributed by atoms with Gasteiger partial charge in [0.15, 0.2) is 5.78 Å². The first kappa shape index (κ1) is 16.0. The van der Waals surface area contributed by atoms with Crippen LogP contribution in [0.5, 0.6) is 0 Å². The first-order valence-electron chi connectivity index (χ1n) is 7.26. The van der Waals surface area contributed by atoms with Gasteiger partial charge in [0, 0.05) is 15.6 Å². The lowest BCUT2D eigenvalue weighted by Crippen LogP contribution is -2.15. The molecule has 2 heteroatoms. The third-order valence-corrected chi connectivity index (χ3v) is 5.10. The number of ketones is 1. The third-order valence-electron chi connectivity index (χ3n) is 4.25. The van der Waals surface area contributed by atoms with Gasteiger partial charge in [0.25, 0.3) is 0 Å². The molecule has 0 aliphatic heterocycles. The highest BCUT2D eigenvalue weighted by molar-refractivity contribution is 9.10. The summed E-state index contributed by atoms with van der Waals surface area (Å²) in [6, 6.07) is 13.7. The summed E-state index contributed by atoms with van der Waals surface area (Å²) in [7, 11) is 0. The van der Waals surface area contributed by atoms with Gasteiger partial charge in [-0.15, -0.1) is 0 Å². The molecule has 0 N–H and O–H groups in total. The molecule has 0 aromatic heterocycles. The highest BCUT2D eigenvalue weighted by Gasteiger charge is 2.18. The number of aryl methyl sites for hydroxylation is 1. The van der Waals surface area contributed by atoms with E-state index in [9.17, 15) is 4.79 Å². The minimum absolute atomic E-state index is 0.0663. The van der Waals surface area contributed by atoms with Crippen LogP contribution in [0.4, 0.5) is 0 Å². The zero-order valence-corrected chi connectivity index (χ0v) is 14.6. The summed E-state index contributed by atoms with van der Waals surface area (Å²) in [4.78, 5) is 12.5.